The highest BCUT2D eigenvalue weighted by molar-refractivity contribution is 7.89. The Balaban J connectivity index is 1.64. The molecule has 1 aliphatic rings. The molecule has 0 aromatic heterocycles. The highest BCUT2D eigenvalue weighted by Gasteiger charge is 2.25. The Hall–Kier alpha value is -2.49. The highest BCUT2D eigenvalue weighted by Crippen LogP contribution is 2.27. The molecule has 1 N–H and O–H groups in total. The number of sulfonamides is 1. The van der Waals surface area contributed by atoms with Crippen molar-refractivity contribution in [3.05, 3.63) is 63.2 Å². The van der Waals surface area contributed by atoms with Crippen LogP contribution in [0.1, 0.15) is 29.6 Å². The van der Waals surface area contributed by atoms with Crippen LogP contribution in [0.3, 0.4) is 0 Å². The van der Waals surface area contributed by atoms with E-state index in [9.17, 15) is 23.3 Å². The average Bonchev–Trinajstić information content (AvgIpc) is 2.72. The maximum atomic E-state index is 12.7. The van der Waals surface area contributed by atoms with Crippen molar-refractivity contribution in [1.29, 1.82) is 0 Å². The Morgan fingerprint density at radius 1 is 1.10 bits per heavy atom. The first-order valence-electron chi connectivity index (χ1n) is 9.10. The molecule has 0 amide bonds. The zero-order valence-electron chi connectivity index (χ0n) is 15.5. The molecule has 0 atom stereocenters. The lowest BCUT2D eigenvalue weighted by Gasteiger charge is -2.25. The number of piperidine rings is 1. The van der Waals surface area contributed by atoms with E-state index >= 15 is 0 Å². The Morgan fingerprint density at radius 2 is 1.76 bits per heavy atom. The van der Waals surface area contributed by atoms with Gasteiger partial charge in [-0.3, -0.25) is 14.9 Å². The SMILES string of the molecule is O=C(CNc1ccc([N+](=O)[O-])c(Cl)c1)c1ccc(S(=O)(=O)N2CCCCC2)cc1. The summed E-state index contributed by atoms with van der Waals surface area (Å²) >= 11 is 5.85. The first-order chi connectivity index (χ1) is 13.8. The largest absolute Gasteiger partial charge is 0.378 e. The number of carbonyl (C=O) groups is 1. The number of hydrogen-bond donors (Lipinski definition) is 1. The van der Waals surface area contributed by atoms with Gasteiger partial charge in [-0.05, 0) is 49.2 Å². The first kappa shape index (κ1) is 21.2. The molecule has 0 spiro atoms. The molecular formula is C19H20ClN3O5S. The van der Waals surface area contributed by atoms with Gasteiger partial charge in [0.15, 0.2) is 5.78 Å². The van der Waals surface area contributed by atoms with Crippen LogP contribution in [-0.2, 0) is 10.0 Å². The van der Waals surface area contributed by atoms with Gasteiger partial charge in [0, 0.05) is 30.4 Å². The van der Waals surface area contributed by atoms with Crippen LogP contribution >= 0.6 is 11.6 Å². The maximum Gasteiger partial charge on any atom is 0.288 e. The van der Waals surface area contributed by atoms with Crippen molar-refractivity contribution in [2.45, 2.75) is 24.2 Å². The van der Waals surface area contributed by atoms with Crippen molar-refractivity contribution in [3.63, 3.8) is 0 Å². The normalized spacial score (nSPS) is 15.1. The van der Waals surface area contributed by atoms with Crippen LogP contribution in [-0.4, -0.2) is 43.1 Å². The number of carbonyl (C=O) groups excluding carboxylic acids is 1. The van der Waals surface area contributed by atoms with E-state index in [-0.39, 0.29) is 27.9 Å². The summed E-state index contributed by atoms with van der Waals surface area (Å²) in [7, 11) is -3.54. The summed E-state index contributed by atoms with van der Waals surface area (Å²) < 4.78 is 26.8. The third-order valence-corrected chi connectivity index (χ3v) is 6.94. The highest BCUT2D eigenvalue weighted by atomic mass is 35.5. The molecule has 29 heavy (non-hydrogen) atoms. The van der Waals surface area contributed by atoms with E-state index in [1.165, 1.54) is 46.8 Å². The third kappa shape index (κ3) is 4.92. The van der Waals surface area contributed by atoms with Gasteiger partial charge in [0.25, 0.3) is 5.69 Å². The summed E-state index contributed by atoms with van der Waals surface area (Å²) in [5, 5.41) is 13.6. The van der Waals surface area contributed by atoms with Crippen molar-refractivity contribution in [3.8, 4) is 0 Å². The fraction of sp³-hybridized carbons (Fsp3) is 0.316. The van der Waals surface area contributed by atoms with Gasteiger partial charge in [0.05, 0.1) is 16.4 Å². The zero-order chi connectivity index (χ0) is 21.0. The van der Waals surface area contributed by atoms with Crippen LogP contribution in [0.2, 0.25) is 5.02 Å². The minimum Gasteiger partial charge on any atom is -0.378 e. The molecule has 2 aromatic carbocycles. The van der Waals surface area contributed by atoms with E-state index in [0.717, 1.165) is 19.3 Å². The van der Waals surface area contributed by atoms with Crippen molar-refractivity contribution in [2.75, 3.05) is 25.0 Å². The summed E-state index contributed by atoms with van der Waals surface area (Å²) in [4.78, 5) is 22.7. The standard InChI is InChI=1S/C19H20ClN3O5S/c20-17-12-15(6-9-18(17)23(25)26)21-13-19(24)14-4-7-16(8-5-14)29(27,28)22-10-2-1-3-11-22/h4-9,12,21H,1-3,10-11,13H2. The van der Waals surface area contributed by atoms with Crippen LogP contribution < -0.4 is 5.32 Å². The Bertz CT molecular complexity index is 1020. The van der Waals surface area contributed by atoms with Crippen LogP contribution in [0.15, 0.2) is 47.4 Å². The molecule has 0 radical (unpaired) electrons. The minimum absolute atomic E-state index is 0.0280. The van der Waals surface area contributed by atoms with Crippen LogP contribution in [0, 0.1) is 10.1 Å². The van der Waals surface area contributed by atoms with Crippen LogP contribution in [0.25, 0.3) is 0 Å². The second-order valence-corrected chi connectivity index (χ2v) is 9.03. The molecule has 154 valence electrons. The lowest BCUT2D eigenvalue weighted by atomic mass is 10.1. The fourth-order valence-corrected chi connectivity index (χ4v) is 4.88. The van der Waals surface area contributed by atoms with E-state index < -0.39 is 14.9 Å². The Labute approximate surface area is 173 Å². The lowest BCUT2D eigenvalue weighted by molar-refractivity contribution is -0.384. The van der Waals surface area contributed by atoms with Gasteiger partial charge < -0.3 is 5.32 Å². The topological polar surface area (TPSA) is 110 Å². The molecule has 0 unspecified atom stereocenters. The third-order valence-electron chi connectivity index (χ3n) is 4.73. The van der Waals surface area contributed by atoms with Crippen LogP contribution in [0.4, 0.5) is 11.4 Å². The van der Waals surface area contributed by atoms with Crippen molar-refractivity contribution >= 4 is 38.8 Å². The number of Topliss-reactive ketones (excluding diaryl/α,β-unsaturated/α-hetero) is 1. The van der Waals surface area contributed by atoms with Gasteiger partial charge in [-0.1, -0.05) is 18.0 Å². The van der Waals surface area contributed by atoms with E-state index in [4.69, 9.17) is 11.6 Å². The molecule has 8 nitrogen and oxygen atoms in total. The van der Waals surface area contributed by atoms with Crippen molar-refractivity contribution in [2.24, 2.45) is 0 Å². The number of halogens is 1. The maximum absolute atomic E-state index is 12.7. The molecule has 1 aliphatic heterocycles. The van der Waals surface area contributed by atoms with Gasteiger partial charge in [-0.15, -0.1) is 0 Å². The van der Waals surface area contributed by atoms with Crippen LogP contribution in [0.5, 0.6) is 0 Å². The number of nitrogens with one attached hydrogen (secondary N) is 1. The molecular weight excluding hydrogens is 418 g/mol. The molecule has 0 saturated carbocycles. The number of nitro groups is 1. The van der Waals surface area contributed by atoms with E-state index in [1.54, 1.807) is 0 Å². The Kier molecular flexibility index (Phi) is 6.51. The summed E-state index contributed by atoms with van der Waals surface area (Å²) in [6.07, 6.45) is 2.74. The number of anilines is 1. The van der Waals surface area contributed by atoms with Gasteiger partial charge in [0.2, 0.25) is 10.0 Å². The van der Waals surface area contributed by atoms with Crippen molar-refractivity contribution < 1.29 is 18.1 Å². The number of rotatable bonds is 7. The number of benzene rings is 2. The average molecular weight is 438 g/mol. The predicted molar refractivity (Wildman–Crippen MR) is 110 cm³/mol. The molecule has 1 saturated heterocycles. The van der Waals surface area contributed by atoms with Gasteiger partial charge >= 0.3 is 0 Å². The van der Waals surface area contributed by atoms with Gasteiger partial charge in [-0.25, -0.2) is 8.42 Å². The molecule has 10 heteroatoms. The minimum atomic E-state index is -3.54. The summed E-state index contributed by atoms with van der Waals surface area (Å²) in [5.41, 5.74) is 0.621. The summed E-state index contributed by atoms with van der Waals surface area (Å²) in [6, 6.07) is 9.97. The molecule has 0 aliphatic carbocycles. The quantitative estimate of drug-likeness (QED) is 0.401. The zero-order valence-corrected chi connectivity index (χ0v) is 17.1. The van der Waals surface area contributed by atoms with E-state index in [1.807, 2.05) is 0 Å². The summed E-state index contributed by atoms with van der Waals surface area (Å²) in [6.45, 7) is 0.974. The predicted octanol–water partition coefficient (Wildman–Crippen LogP) is 3.72. The Morgan fingerprint density at radius 3 is 2.34 bits per heavy atom. The molecule has 3 rings (SSSR count). The molecule has 1 heterocycles. The number of hydrogen-bond acceptors (Lipinski definition) is 6. The molecule has 1 fully saturated rings. The monoisotopic (exact) mass is 437 g/mol. The fourth-order valence-electron chi connectivity index (χ4n) is 3.12. The summed E-state index contributed by atoms with van der Waals surface area (Å²) in [5.74, 6) is -0.249. The lowest BCUT2D eigenvalue weighted by Crippen LogP contribution is -2.35. The smallest absolute Gasteiger partial charge is 0.288 e. The number of ketones is 1. The number of nitrogens with zero attached hydrogens (tertiary/aromatic N) is 2. The molecule has 2 aromatic rings. The second-order valence-electron chi connectivity index (χ2n) is 6.69. The van der Waals surface area contributed by atoms with E-state index in [2.05, 4.69) is 5.32 Å². The number of nitro benzene ring substituents is 1. The van der Waals surface area contributed by atoms with E-state index in [0.29, 0.717) is 24.3 Å². The van der Waals surface area contributed by atoms with Gasteiger partial charge in [-0.2, -0.15) is 4.31 Å². The van der Waals surface area contributed by atoms with Gasteiger partial charge in [0.1, 0.15) is 5.02 Å². The first-order valence-corrected chi connectivity index (χ1v) is 10.9. The van der Waals surface area contributed by atoms with Crippen molar-refractivity contribution in [1.82, 2.24) is 4.31 Å². The molecule has 0 bridgehead atoms. The second kappa shape index (κ2) is 8.89.